The van der Waals surface area contributed by atoms with E-state index in [1.807, 2.05) is 0 Å². The van der Waals surface area contributed by atoms with Crippen molar-refractivity contribution in [2.24, 2.45) is 0 Å². The fourth-order valence-corrected chi connectivity index (χ4v) is 6.23. The molecule has 0 bridgehead atoms. The number of allylic oxidation sites excluding steroid dienone is 2. The zero-order valence-electron chi connectivity index (χ0n) is 32.8. The normalized spacial score (nSPS) is 12.4. The first-order valence-corrected chi connectivity index (χ1v) is 20.2. The first kappa shape index (κ1) is 47.0. The van der Waals surface area contributed by atoms with Crippen molar-refractivity contribution in [2.45, 2.75) is 183 Å². The van der Waals surface area contributed by atoms with E-state index in [0.717, 1.165) is 86.7 Å². The van der Waals surface area contributed by atoms with Gasteiger partial charge in [-0.2, -0.15) is 12.8 Å². The molecule has 0 atom stereocenters. The molecule has 0 saturated carbocycles. The van der Waals surface area contributed by atoms with E-state index < -0.39 is 0 Å². The third kappa shape index (κ3) is 18.2. The SMILES string of the molecule is CCCCCCCCc1cccc(C2=C(CCCC)C(CCCC)=C(c3cccc(CCCC)c3)[N+]2=[N-])c1.[CH2-]CCCC.[CH2-]CCCC.[Ni+2]. The maximum absolute atomic E-state index is 11.9. The third-order valence-corrected chi connectivity index (χ3v) is 9.17. The molecule has 49 heavy (non-hydrogen) atoms. The molecule has 0 amide bonds. The Bertz CT molecular complexity index is 1180. The second-order valence-corrected chi connectivity index (χ2v) is 13.6. The number of unbranched alkanes of at least 4 members (excludes halogenated alkanes) is 12. The minimum atomic E-state index is 0. The standard InChI is InChI=1S/C36H52N2.2C5H11.Ni/c1-5-9-13-14-15-16-20-30-22-18-24-32(28-30)36-34(26-12-8-4)33(25-11-7-3)35(38(36)37)31-23-17-21-29(27-31)19-10-6-2;2*1-3-5-4-2;/h17-18,21-24,27-28H,5-16,19-20,25-26H2,1-4H3;2*1,3-5H2,2H3;/q;2*-1;+2. The van der Waals surface area contributed by atoms with Crippen LogP contribution in [-0.2, 0) is 29.3 Å². The Morgan fingerprint density at radius 1 is 0.469 bits per heavy atom. The van der Waals surface area contributed by atoms with E-state index in [4.69, 9.17) is 0 Å². The molecular formula is C46H74N2Ni. The summed E-state index contributed by atoms with van der Waals surface area (Å²) in [7, 11) is 0. The van der Waals surface area contributed by atoms with Gasteiger partial charge in [0.2, 0.25) is 11.4 Å². The summed E-state index contributed by atoms with van der Waals surface area (Å²) in [5.74, 6) is 0. The van der Waals surface area contributed by atoms with Gasteiger partial charge in [-0.3, -0.25) is 0 Å². The molecule has 0 unspecified atom stereocenters. The zero-order chi connectivity index (χ0) is 35.4. The summed E-state index contributed by atoms with van der Waals surface area (Å²) in [5.41, 5.74) is 21.7. The van der Waals surface area contributed by atoms with Gasteiger partial charge < -0.3 is 19.4 Å². The molecule has 2 aromatic carbocycles. The fraction of sp³-hybridized carbons (Fsp3) is 0.609. The van der Waals surface area contributed by atoms with Gasteiger partial charge in [-0.25, -0.2) is 4.70 Å². The molecule has 0 saturated heterocycles. The fourth-order valence-electron chi connectivity index (χ4n) is 6.23. The van der Waals surface area contributed by atoms with Crippen LogP contribution in [0.15, 0.2) is 59.7 Å². The summed E-state index contributed by atoms with van der Waals surface area (Å²) in [6.07, 6.45) is 26.4. The van der Waals surface area contributed by atoms with Crippen LogP contribution in [0.3, 0.4) is 0 Å². The van der Waals surface area contributed by atoms with Gasteiger partial charge in [0.1, 0.15) is 0 Å². The largest absolute Gasteiger partial charge is 2.00 e. The van der Waals surface area contributed by atoms with E-state index in [9.17, 15) is 5.53 Å². The van der Waals surface area contributed by atoms with Crippen molar-refractivity contribution >= 4 is 11.4 Å². The number of nitrogens with zero attached hydrogens (tertiary/aromatic N) is 2. The molecule has 0 N–H and O–H groups in total. The number of hydrogen-bond acceptors (Lipinski definition) is 0. The smallest absolute Gasteiger partial charge is 0.493 e. The van der Waals surface area contributed by atoms with Gasteiger partial charge in [-0.05, 0) is 86.8 Å². The maximum Gasteiger partial charge on any atom is 2.00 e. The Hall–Kier alpha value is -1.99. The summed E-state index contributed by atoms with van der Waals surface area (Å²) >= 11 is 0. The second kappa shape index (κ2) is 30.8. The van der Waals surface area contributed by atoms with Crippen LogP contribution in [0.2, 0.25) is 0 Å². The molecule has 3 rings (SSSR count). The molecule has 278 valence electrons. The van der Waals surface area contributed by atoms with Gasteiger partial charge in [0.15, 0.2) is 0 Å². The molecule has 0 spiro atoms. The first-order chi connectivity index (χ1) is 23.5. The van der Waals surface area contributed by atoms with Crippen LogP contribution in [0.25, 0.3) is 16.9 Å². The molecule has 0 aromatic heterocycles. The van der Waals surface area contributed by atoms with Crippen LogP contribution in [0, 0.1) is 13.8 Å². The van der Waals surface area contributed by atoms with Crippen LogP contribution in [0.4, 0.5) is 0 Å². The minimum Gasteiger partial charge on any atom is -0.493 e. The summed E-state index contributed by atoms with van der Waals surface area (Å²) < 4.78 is 1.55. The Morgan fingerprint density at radius 3 is 1.22 bits per heavy atom. The summed E-state index contributed by atoms with van der Waals surface area (Å²) in [5, 5.41) is 0. The molecule has 1 aliphatic heterocycles. The molecule has 2 nitrogen and oxygen atoms in total. The van der Waals surface area contributed by atoms with Gasteiger partial charge in [0.05, 0.1) is 0 Å². The van der Waals surface area contributed by atoms with Gasteiger partial charge in [0, 0.05) is 22.3 Å². The summed E-state index contributed by atoms with van der Waals surface area (Å²) in [4.78, 5) is 0. The Labute approximate surface area is 315 Å². The predicted octanol–water partition coefficient (Wildman–Crippen LogP) is 15.5. The van der Waals surface area contributed by atoms with Crippen LogP contribution < -0.4 is 0 Å². The summed E-state index contributed by atoms with van der Waals surface area (Å²) in [6, 6.07) is 17.9. The second-order valence-electron chi connectivity index (χ2n) is 13.6. The van der Waals surface area contributed by atoms with Gasteiger partial charge >= 0.3 is 16.5 Å². The van der Waals surface area contributed by atoms with Crippen molar-refractivity contribution in [3.63, 3.8) is 0 Å². The van der Waals surface area contributed by atoms with Crippen LogP contribution >= 0.6 is 0 Å². The molecule has 0 fully saturated rings. The van der Waals surface area contributed by atoms with Crippen LogP contribution in [0.5, 0.6) is 0 Å². The quantitative estimate of drug-likeness (QED) is 0.0502. The monoisotopic (exact) mass is 713 g/mol. The molecular weight excluding hydrogens is 639 g/mol. The Kier molecular flexibility index (Phi) is 29.6. The molecule has 0 aliphatic carbocycles. The third-order valence-electron chi connectivity index (χ3n) is 9.17. The molecule has 0 radical (unpaired) electrons. The van der Waals surface area contributed by atoms with E-state index in [1.54, 1.807) is 4.70 Å². The molecule has 3 heteroatoms. The Morgan fingerprint density at radius 2 is 0.837 bits per heavy atom. The molecule has 2 aromatic rings. The topological polar surface area (TPSA) is 25.3 Å². The van der Waals surface area contributed by atoms with Crippen molar-refractivity contribution in [1.29, 1.82) is 0 Å². The molecule has 1 heterocycles. The van der Waals surface area contributed by atoms with Gasteiger partial charge in [0.25, 0.3) is 0 Å². The number of aryl methyl sites for hydroxylation is 2. The van der Waals surface area contributed by atoms with Crippen LogP contribution in [0.1, 0.15) is 192 Å². The van der Waals surface area contributed by atoms with Crippen molar-refractivity contribution in [3.05, 3.63) is 101 Å². The van der Waals surface area contributed by atoms with Crippen molar-refractivity contribution < 1.29 is 21.2 Å². The van der Waals surface area contributed by atoms with Crippen molar-refractivity contribution in [3.8, 4) is 0 Å². The van der Waals surface area contributed by atoms with Crippen molar-refractivity contribution in [2.75, 3.05) is 0 Å². The van der Waals surface area contributed by atoms with E-state index in [1.165, 1.54) is 99.3 Å². The summed E-state index contributed by atoms with van der Waals surface area (Å²) in [6.45, 7) is 20.7. The van der Waals surface area contributed by atoms with Crippen LogP contribution in [-0.4, -0.2) is 4.70 Å². The Balaban J connectivity index is 0.00000183. The van der Waals surface area contributed by atoms with E-state index >= 15 is 0 Å². The number of benzene rings is 2. The van der Waals surface area contributed by atoms with E-state index in [0.29, 0.717) is 0 Å². The van der Waals surface area contributed by atoms with E-state index in [2.05, 4.69) is 104 Å². The average molecular weight is 714 g/mol. The zero-order valence-corrected chi connectivity index (χ0v) is 33.8. The predicted molar refractivity (Wildman–Crippen MR) is 215 cm³/mol. The average Bonchev–Trinajstić information content (AvgIpc) is 3.38. The van der Waals surface area contributed by atoms with Gasteiger partial charge in [-0.1, -0.05) is 143 Å². The maximum atomic E-state index is 11.9. The van der Waals surface area contributed by atoms with E-state index in [-0.39, 0.29) is 16.5 Å². The first-order valence-electron chi connectivity index (χ1n) is 20.2. The number of hydrogen-bond donors (Lipinski definition) is 0. The number of rotatable bonds is 22. The van der Waals surface area contributed by atoms with Gasteiger partial charge in [-0.15, -0.1) is 0 Å². The minimum absolute atomic E-state index is 0. The molecule has 1 aliphatic rings. The van der Waals surface area contributed by atoms with Crippen molar-refractivity contribution in [1.82, 2.24) is 0 Å².